The lowest BCUT2D eigenvalue weighted by atomic mass is 10.3. The summed E-state index contributed by atoms with van der Waals surface area (Å²) >= 11 is 0. The summed E-state index contributed by atoms with van der Waals surface area (Å²) in [6, 6.07) is 2.03. The number of anilines is 2. The molecule has 0 unspecified atom stereocenters. The summed E-state index contributed by atoms with van der Waals surface area (Å²) in [5, 5.41) is 3.37. The smallest absolute Gasteiger partial charge is 0.133 e. The lowest BCUT2D eigenvalue weighted by Crippen LogP contribution is -2.46. The van der Waals surface area contributed by atoms with E-state index in [9.17, 15) is 0 Å². The van der Waals surface area contributed by atoms with Crippen molar-refractivity contribution in [3.05, 3.63) is 12.4 Å². The van der Waals surface area contributed by atoms with Crippen molar-refractivity contribution >= 4 is 11.6 Å². The van der Waals surface area contributed by atoms with E-state index >= 15 is 0 Å². The van der Waals surface area contributed by atoms with Gasteiger partial charge < -0.3 is 15.1 Å². The standard InChI is InChI=1S/C13H24N6/c1-17(2)12-10-13(16-11-15-12)18(3)8-9-19-6-4-14-5-7-19/h10-11,14H,4-9H2,1-3H3. The van der Waals surface area contributed by atoms with Crippen LogP contribution < -0.4 is 15.1 Å². The number of nitrogens with zero attached hydrogens (tertiary/aromatic N) is 5. The Morgan fingerprint density at radius 1 is 1.16 bits per heavy atom. The van der Waals surface area contributed by atoms with Crippen molar-refractivity contribution in [2.24, 2.45) is 0 Å². The number of hydrogen-bond acceptors (Lipinski definition) is 6. The Morgan fingerprint density at radius 3 is 2.53 bits per heavy atom. The number of hydrogen-bond donors (Lipinski definition) is 1. The molecule has 0 saturated carbocycles. The maximum atomic E-state index is 4.34. The van der Waals surface area contributed by atoms with Crippen LogP contribution in [0.3, 0.4) is 0 Å². The molecule has 0 amide bonds. The van der Waals surface area contributed by atoms with Gasteiger partial charge in [-0.25, -0.2) is 9.97 Å². The quantitative estimate of drug-likeness (QED) is 0.800. The van der Waals surface area contributed by atoms with E-state index in [2.05, 4.69) is 32.1 Å². The van der Waals surface area contributed by atoms with Gasteiger partial charge in [0, 0.05) is 66.5 Å². The lowest BCUT2D eigenvalue weighted by molar-refractivity contribution is 0.246. The molecule has 0 atom stereocenters. The molecule has 1 saturated heterocycles. The fraction of sp³-hybridized carbons (Fsp3) is 0.692. The Morgan fingerprint density at radius 2 is 1.84 bits per heavy atom. The second-order valence-electron chi connectivity index (χ2n) is 5.14. The van der Waals surface area contributed by atoms with Crippen LogP contribution in [0.25, 0.3) is 0 Å². The fourth-order valence-electron chi connectivity index (χ4n) is 2.13. The zero-order chi connectivity index (χ0) is 13.7. The highest BCUT2D eigenvalue weighted by molar-refractivity contribution is 5.48. The Bertz CT molecular complexity index is 388. The molecule has 0 aliphatic carbocycles. The molecule has 2 heterocycles. The Hall–Kier alpha value is -1.40. The summed E-state index contributed by atoms with van der Waals surface area (Å²) in [6.07, 6.45) is 1.63. The van der Waals surface area contributed by atoms with Gasteiger partial charge in [0.15, 0.2) is 0 Å². The highest BCUT2D eigenvalue weighted by Crippen LogP contribution is 2.14. The van der Waals surface area contributed by atoms with E-state index in [4.69, 9.17) is 0 Å². The largest absolute Gasteiger partial charge is 0.363 e. The fourth-order valence-corrected chi connectivity index (χ4v) is 2.13. The molecule has 0 spiro atoms. The molecule has 1 aromatic heterocycles. The molecule has 1 fully saturated rings. The minimum absolute atomic E-state index is 0.944. The molecule has 106 valence electrons. The minimum Gasteiger partial charge on any atom is -0.363 e. The molecule has 1 aliphatic heterocycles. The maximum absolute atomic E-state index is 4.34. The second-order valence-corrected chi connectivity index (χ2v) is 5.14. The van der Waals surface area contributed by atoms with Gasteiger partial charge in [-0.05, 0) is 0 Å². The zero-order valence-electron chi connectivity index (χ0n) is 12.1. The van der Waals surface area contributed by atoms with Crippen LogP contribution in [0.15, 0.2) is 12.4 Å². The van der Waals surface area contributed by atoms with Gasteiger partial charge in [-0.15, -0.1) is 0 Å². The van der Waals surface area contributed by atoms with Crippen LogP contribution in [0.4, 0.5) is 11.6 Å². The van der Waals surface area contributed by atoms with Crippen molar-refractivity contribution < 1.29 is 0 Å². The molecule has 0 aromatic carbocycles. The van der Waals surface area contributed by atoms with Gasteiger partial charge in [0.2, 0.25) is 0 Å². The molecule has 6 nitrogen and oxygen atoms in total. The van der Waals surface area contributed by atoms with Crippen molar-refractivity contribution in [2.75, 3.05) is 70.2 Å². The SMILES string of the molecule is CN(C)c1cc(N(C)CCN2CCNCC2)ncn1. The van der Waals surface area contributed by atoms with Gasteiger partial charge in [0.25, 0.3) is 0 Å². The number of rotatable bonds is 5. The van der Waals surface area contributed by atoms with Crippen LogP contribution in [-0.4, -0.2) is 75.3 Å². The average molecular weight is 264 g/mol. The number of piperazine rings is 1. The normalized spacial score (nSPS) is 16.4. The predicted molar refractivity (Wildman–Crippen MR) is 78.9 cm³/mol. The second kappa shape index (κ2) is 6.68. The van der Waals surface area contributed by atoms with Crippen LogP contribution in [0.1, 0.15) is 0 Å². The first-order valence-electron chi connectivity index (χ1n) is 6.80. The highest BCUT2D eigenvalue weighted by atomic mass is 15.2. The Kier molecular flexibility index (Phi) is 4.93. The molecule has 1 aliphatic rings. The summed E-state index contributed by atoms with van der Waals surface area (Å²) in [5.74, 6) is 1.92. The van der Waals surface area contributed by atoms with Crippen molar-refractivity contribution in [3.63, 3.8) is 0 Å². The number of likely N-dealkylation sites (N-methyl/N-ethyl adjacent to an activating group) is 1. The maximum Gasteiger partial charge on any atom is 0.133 e. The van der Waals surface area contributed by atoms with Crippen LogP contribution >= 0.6 is 0 Å². The van der Waals surface area contributed by atoms with Gasteiger partial charge in [0.05, 0.1) is 0 Å². The highest BCUT2D eigenvalue weighted by Gasteiger charge is 2.11. The first-order valence-corrected chi connectivity index (χ1v) is 6.80. The first kappa shape index (κ1) is 14.0. The van der Waals surface area contributed by atoms with E-state index in [1.807, 2.05) is 25.1 Å². The lowest BCUT2D eigenvalue weighted by Gasteiger charge is -2.29. The Balaban J connectivity index is 1.88. The molecule has 2 rings (SSSR count). The number of nitrogens with one attached hydrogen (secondary N) is 1. The zero-order valence-corrected chi connectivity index (χ0v) is 12.1. The van der Waals surface area contributed by atoms with Gasteiger partial charge in [0.1, 0.15) is 18.0 Å². The molecule has 0 radical (unpaired) electrons. The number of aromatic nitrogens is 2. The van der Waals surface area contributed by atoms with E-state index in [1.54, 1.807) is 6.33 Å². The summed E-state index contributed by atoms with van der Waals surface area (Å²) in [4.78, 5) is 15.3. The van der Waals surface area contributed by atoms with Gasteiger partial charge >= 0.3 is 0 Å². The first-order chi connectivity index (χ1) is 9.16. The average Bonchev–Trinajstić information content (AvgIpc) is 2.46. The molecule has 6 heteroatoms. The third kappa shape index (κ3) is 4.04. The van der Waals surface area contributed by atoms with Gasteiger partial charge in [-0.2, -0.15) is 0 Å². The summed E-state index contributed by atoms with van der Waals surface area (Å²) < 4.78 is 0. The predicted octanol–water partition coefficient (Wildman–Crippen LogP) is -0.116. The van der Waals surface area contributed by atoms with Crippen LogP contribution in [0.5, 0.6) is 0 Å². The Labute approximate surface area is 115 Å². The van der Waals surface area contributed by atoms with E-state index < -0.39 is 0 Å². The molecular weight excluding hydrogens is 240 g/mol. The minimum atomic E-state index is 0.944. The van der Waals surface area contributed by atoms with Crippen LogP contribution in [0.2, 0.25) is 0 Å². The summed E-state index contributed by atoms with van der Waals surface area (Å²) in [7, 11) is 6.07. The van der Waals surface area contributed by atoms with Crippen LogP contribution in [0, 0.1) is 0 Å². The third-order valence-corrected chi connectivity index (χ3v) is 3.45. The van der Waals surface area contributed by atoms with Crippen molar-refractivity contribution in [2.45, 2.75) is 0 Å². The van der Waals surface area contributed by atoms with Crippen molar-refractivity contribution in [3.8, 4) is 0 Å². The molecule has 1 N–H and O–H groups in total. The summed E-state index contributed by atoms with van der Waals surface area (Å²) in [6.45, 7) is 6.55. The molecule has 0 bridgehead atoms. The van der Waals surface area contributed by atoms with Crippen molar-refractivity contribution in [1.82, 2.24) is 20.2 Å². The van der Waals surface area contributed by atoms with E-state index in [0.29, 0.717) is 0 Å². The van der Waals surface area contributed by atoms with Gasteiger partial charge in [-0.3, -0.25) is 4.90 Å². The van der Waals surface area contributed by atoms with Crippen molar-refractivity contribution in [1.29, 1.82) is 0 Å². The topological polar surface area (TPSA) is 47.5 Å². The van der Waals surface area contributed by atoms with E-state index in [-0.39, 0.29) is 0 Å². The molecule has 19 heavy (non-hydrogen) atoms. The van der Waals surface area contributed by atoms with Crippen LogP contribution in [-0.2, 0) is 0 Å². The molecular formula is C13H24N6. The van der Waals surface area contributed by atoms with Gasteiger partial charge in [-0.1, -0.05) is 0 Å². The van der Waals surface area contributed by atoms with E-state index in [1.165, 1.54) is 0 Å². The van der Waals surface area contributed by atoms with E-state index in [0.717, 1.165) is 50.9 Å². The monoisotopic (exact) mass is 264 g/mol. The third-order valence-electron chi connectivity index (χ3n) is 3.45. The summed E-state index contributed by atoms with van der Waals surface area (Å²) in [5.41, 5.74) is 0. The molecule has 1 aromatic rings.